The first-order valence-electron chi connectivity index (χ1n) is 9.87. The van der Waals surface area contributed by atoms with Crippen molar-refractivity contribution in [1.82, 2.24) is 4.90 Å². The second-order valence-electron chi connectivity index (χ2n) is 7.06. The third-order valence-corrected chi connectivity index (χ3v) is 6.36. The molecule has 1 atom stereocenters. The van der Waals surface area contributed by atoms with E-state index < -0.39 is 4.92 Å². The predicted molar refractivity (Wildman–Crippen MR) is 124 cm³/mol. The van der Waals surface area contributed by atoms with Crippen LogP contribution in [-0.2, 0) is 11.3 Å². The maximum Gasteiger partial charge on any atom is 0.270 e. The summed E-state index contributed by atoms with van der Waals surface area (Å²) in [7, 11) is 0. The second-order valence-corrected chi connectivity index (χ2v) is 8.23. The van der Waals surface area contributed by atoms with E-state index in [0.717, 1.165) is 16.3 Å². The first kappa shape index (κ1) is 20.7. The number of benzene rings is 3. The molecule has 1 saturated heterocycles. The molecule has 0 radical (unpaired) electrons. The largest absolute Gasteiger partial charge is 0.284 e. The van der Waals surface area contributed by atoms with Crippen LogP contribution in [0.3, 0.4) is 0 Å². The Morgan fingerprint density at radius 3 is 2.71 bits per heavy atom. The van der Waals surface area contributed by atoms with Crippen LogP contribution in [0.5, 0.6) is 0 Å². The molecule has 1 fully saturated rings. The third-order valence-electron chi connectivity index (χ3n) is 5.03. The summed E-state index contributed by atoms with van der Waals surface area (Å²) in [4.78, 5) is 25.1. The summed E-state index contributed by atoms with van der Waals surface area (Å²) in [6.07, 6.45) is 2.16. The van der Waals surface area contributed by atoms with Gasteiger partial charge >= 0.3 is 0 Å². The van der Waals surface area contributed by atoms with Gasteiger partial charge in [0.05, 0.1) is 22.9 Å². The number of rotatable bonds is 6. The van der Waals surface area contributed by atoms with Crippen LogP contribution in [0.1, 0.15) is 24.5 Å². The molecule has 8 heteroatoms. The molecule has 3 aromatic rings. The van der Waals surface area contributed by atoms with Crippen molar-refractivity contribution in [1.29, 1.82) is 0 Å². The maximum atomic E-state index is 12.9. The first-order valence-corrected chi connectivity index (χ1v) is 10.7. The molecule has 7 nitrogen and oxygen atoms in total. The fraction of sp³-hybridized carbons (Fsp3) is 0.174. The highest BCUT2D eigenvalue weighted by Gasteiger charge is 2.37. The summed E-state index contributed by atoms with van der Waals surface area (Å²) >= 11 is 1.40. The zero-order chi connectivity index (χ0) is 21.8. The fourth-order valence-corrected chi connectivity index (χ4v) is 4.48. The van der Waals surface area contributed by atoms with Gasteiger partial charge in [0, 0.05) is 17.7 Å². The van der Waals surface area contributed by atoms with Crippen LogP contribution in [0.25, 0.3) is 10.8 Å². The predicted octanol–water partition coefficient (Wildman–Crippen LogP) is 4.99. The van der Waals surface area contributed by atoms with Gasteiger partial charge in [-0.1, -0.05) is 73.3 Å². The Hall–Kier alpha value is -3.52. The minimum atomic E-state index is -0.452. The molecule has 0 saturated carbocycles. The lowest BCUT2D eigenvalue weighted by Crippen LogP contribution is -2.31. The van der Waals surface area contributed by atoms with Crippen molar-refractivity contribution in [3.63, 3.8) is 0 Å². The number of nitro benzene ring substituents is 1. The molecule has 1 aliphatic heterocycles. The van der Waals surface area contributed by atoms with Crippen LogP contribution < -0.4 is 0 Å². The summed E-state index contributed by atoms with van der Waals surface area (Å²) in [6, 6.07) is 20.3. The minimum absolute atomic E-state index is 0.00866. The molecule has 1 aliphatic rings. The molecular formula is C23H20N4O3S. The number of amides is 1. The van der Waals surface area contributed by atoms with Gasteiger partial charge in [0.2, 0.25) is 5.91 Å². The van der Waals surface area contributed by atoms with Gasteiger partial charge in [-0.3, -0.25) is 19.8 Å². The molecule has 0 bridgehead atoms. The Labute approximate surface area is 183 Å². The van der Waals surface area contributed by atoms with Gasteiger partial charge in [-0.05, 0) is 22.8 Å². The fourth-order valence-electron chi connectivity index (χ4n) is 3.45. The molecule has 156 valence electrons. The zero-order valence-electron chi connectivity index (χ0n) is 16.8. The zero-order valence-corrected chi connectivity index (χ0v) is 17.7. The Morgan fingerprint density at radius 2 is 1.90 bits per heavy atom. The molecule has 31 heavy (non-hydrogen) atoms. The van der Waals surface area contributed by atoms with Crippen molar-refractivity contribution in [3.05, 3.63) is 88.0 Å². The molecule has 0 N–H and O–H groups in total. The van der Waals surface area contributed by atoms with E-state index in [1.807, 2.05) is 49.4 Å². The van der Waals surface area contributed by atoms with Gasteiger partial charge < -0.3 is 0 Å². The maximum absolute atomic E-state index is 12.9. The van der Waals surface area contributed by atoms with Crippen molar-refractivity contribution in [2.45, 2.75) is 25.1 Å². The van der Waals surface area contributed by atoms with Crippen LogP contribution >= 0.6 is 11.8 Å². The lowest BCUT2D eigenvalue weighted by molar-refractivity contribution is -0.384. The standard InChI is InChI=1S/C23H20N4O3S/c1-2-21-22(28)26(15-18-10-6-9-17-8-3-4-12-20(17)18)23(31-21)25-24-14-16-7-5-11-19(13-16)27(29)30/h3-14,21H,2,15H2,1H3. The number of carbonyl (C=O) groups excluding carboxylic acids is 1. The topological polar surface area (TPSA) is 88.2 Å². The van der Waals surface area contributed by atoms with Gasteiger partial charge in [0.25, 0.3) is 5.69 Å². The number of hydrogen-bond donors (Lipinski definition) is 0. The SMILES string of the molecule is CCC1SC(=NN=Cc2cccc([N+](=O)[O-])c2)N(Cc2cccc3ccccc23)C1=O. The number of amidine groups is 1. The van der Waals surface area contributed by atoms with Gasteiger partial charge in [0.1, 0.15) is 0 Å². The van der Waals surface area contributed by atoms with Crippen molar-refractivity contribution < 1.29 is 9.72 Å². The van der Waals surface area contributed by atoms with E-state index in [4.69, 9.17) is 0 Å². The van der Waals surface area contributed by atoms with Crippen LogP contribution in [0, 0.1) is 10.1 Å². The average molecular weight is 433 g/mol. The highest BCUT2D eigenvalue weighted by Crippen LogP contribution is 2.32. The van der Waals surface area contributed by atoms with Crippen molar-refractivity contribution >= 4 is 45.5 Å². The smallest absolute Gasteiger partial charge is 0.270 e. The van der Waals surface area contributed by atoms with Gasteiger partial charge in [0.15, 0.2) is 5.17 Å². The summed E-state index contributed by atoms with van der Waals surface area (Å²) in [5.41, 5.74) is 1.60. The molecule has 1 unspecified atom stereocenters. The molecule has 4 rings (SSSR count). The summed E-state index contributed by atoms with van der Waals surface area (Å²) in [5, 5.41) is 21.9. The first-order chi connectivity index (χ1) is 15.1. The van der Waals surface area contributed by atoms with E-state index in [1.54, 1.807) is 17.0 Å². The van der Waals surface area contributed by atoms with Gasteiger partial charge in [-0.2, -0.15) is 5.10 Å². The van der Waals surface area contributed by atoms with Crippen LogP contribution in [0.4, 0.5) is 5.69 Å². The Kier molecular flexibility index (Phi) is 6.08. The molecule has 1 heterocycles. The van der Waals surface area contributed by atoms with Crippen molar-refractivity contribution in [2.75, 3.05) is 0 Å². The van der Waals surface area contributed by atoms with E-state index in [2.05, 4.69) is 10.2 Å². The van der Waals surface area contributed by atoms with Crippen LogP contribution in [-0.4, -0.2) is 32.4 Å². The highest BCUT2D eigenvalue weighted by molar-refractivity contribution is 8.15. The van der Waals surface area contributed by atoms with E-state index in [1.165, 1.54) is 30.1 Å². The monoisotopic (exact) mass is 432 g/mol. The molecule has 1 amide bonds. The lowest BCUT2D eigenvalue weighted by atomic mass is 10.0. The Morgan fingerprint density at radius 1 is 1.13 bits per heavy atom. The summed E-state index contributed by atoms with van der Waals surface area (Å²) < 4.78 is 0. The van der Waals surface area contributed by atoms with E-state index in [9.17, 15) is 14.9 Å². The molecule has 3 aromatic carbocycles. The quantitative estimate of drug-likeness (QED) is 0.312. The number of non-ortho nitro benzene ring substituents is 1. The number of fused-ring (bicyclic) bond motifs is 1. The van der Waals surface area contributed by atoms with Gasteiger partial charge in [-0.25, -0.2) is 0 Å². The van der Waals surface area contributed by atoms with Crippen molar-refractivity contribution in [3.8, 4) is 0 Å². The second kappa shape index (κ2) is 9.09. The van der Waals surface area contributed by atoms with E-state index in [0.29, 0.717) is 23.7 Å². The third kappa shape index (κ3) is 4.49. The minimum Gasteiger partial charge on any atom is -0.284 e. The number of thioether (sulfide) groups is 1. The molecular weight excluding hydrogens is 412 g/mol. The number of carbonyl (C=O) groups is 1. The number of nitro groups is 1. The molecule has 0 aliphatic carbocycles. The molecule has 0 spiro atoms. The van der Waals surface area contributed by atoms with E-state index in [-0.39, 0.29) is 16.8 Å². The van der Waals surface area contributed by atoms with Gasteiger partial charge in [-0.15, -0.1) is 5.10 Å². The van der Waals surface area contributed by atoms with Crippen molar-refractivity contribution in [2.24, 2.45) is 10.2 Å². The van der Waals surface area contributed by atoms with Crippen LogP contribution in [0.15, 0.2) is 76.9 Å². The highest BCUT2D eigenvalue weighted by atomic mass is 32.2. The Balaban J connectivity index is 1.61. The normalized spacial score (nSPS) is 17.8. The lowest BCUT2D eigenvalue weighted by Gasteiger charge is -2.17. The average Bonchev–Trinajstić information content (AvgIpc) is 3.09. The number of hydrogen-bond acceptors (Lipinski definition) is 6. The van der Waals surface area contributed by atoms with E-state index >= 15 is 0 Å². The Bertz CT molecular complexity index is 1200. The van der Waals surface area contributed by atoms with Crippen LogP contribution in [0.2, 0.25) is 0 Å². The summed E-state index contributed by atoms with van der Waals surface area (Å²) in [5.74, 6) is 0.0183. The summed E-state index contributed by atoms with van der Waals surface area (Å²) in [6.45, 7) is 2.38. The molecule has 0 aromatic heterocycles. The number of nitrogens with zero attached hydrogens (tertiary/aromatic N) is 4.